The number of aromatic nitrogens is 5. The number of hydrogen-bond acceptors (Lipinski definition) is 5. The molecule has 0 aliphatic carbocycles. The topological polar surface area (TPSA) is 86.9 Å². The average molecular weight is 332 g/mol. The number of nitrogens with one attached hydrogen (secondary N) is 1. The van der Waals surface area contributed by atoms with Crippen molar-refractivity contribution in [3.05, 3.63) is 29.6 Å². The van der Waals surface area contributed by atoms with Gasteiger partial charge in [-0.25, -0.2) is 9.67 Å². The summed E-state index contributed by atoms with van der Waals surface area (Å²) in [4.78, 5) is 16.6. The van der Waals surface area contributed by atoms with Gasteiger partial charge in [-0.3, -0.25) is 9.48 Å². The highest BCUT2D eigenvalue weighted by molar-refractivity contribution is 5.77. The van der Waals surface area contributed by atoms with E-state index in [0.29, 0.717) is 19.1 Å². The maximum atomic E-state index is 12.0. The quantitative estimate of drug-likeness (QED) is 0.845. The molecule has 130 valence electrons. The molecule has 1 amide bonds. The first-order valence-corrected chi connectivity index (χ1v) is 8.30. The molecule has 0 saturated carbocycles. The van der Waals surface area contributed by atoms with Gasteiger partial charge in [0, 0.05) is 31.6 Å². The number of carbonyl (C=O) groups excluding carboxylic acids is 1. The van der Waals surface area contributed by atoms with E-state index in [4.69, 9.17) is 4.74 Å². The summed E-state index contributed by atoms with van der Waals surface area (Å²) >= 11 is 0. The van der Waals surface area contributed by atoms with Crippen LogP contribution in [0.15, 0.2) is 12.3 Å². The van der Waals surface area contributed by atoms with Gasteiger partial charge in [-0.2, -0.15) is 10.2 Å². The third-order valence-corrected chi connectivity index (χ3v) is 4.16. The molecule has 0 bridgehead atoms. The molecule has 3 heterocycles. The van der Waals surface area contributed by atoms with Crippen LogP contribution in [0.5, 0.6) is 0 Å². The van der Waals surface area contributed by atoms with Crippen molar-refractivity contribution in [1.29, 1.82) is 0 Å². The van der Waals surface area contributed by atoms with Crippen molar-refractivity contribution in [2.24, 2.45) is 7.05 Å². The average Bonchev–Trinajstić information content (AvgIpc) is 3.13. The molecule has 24 heavy (non-hydrogen) atoms. The standard InChI is InChI=1S/C16H24N6O2/c1-11(2)16-19-14-5-4-12(8-22(14)20-16)18-15(23)10-24-9-13-6-7-17-21(13)3/h6-7,11-12H,4-5,8-10H2,1-3H3,(H,18,23). The van der Waals surface area contributed by atoms with Crippen molar-refractivity contribution in [3.8, 4) is 0 Å². The van der Waals surface area contributed by atoms with Gasteiger partial charge in [0.15, 0.2) is 5.82 Å². The van der Waals surface area contributed by atoms with Crippen molar-refractivity contribution in [2.45, 2.75) is 51.8 Å². The zero-order chi connectivity index (χ0) is 17.1. The lowest BCUT2D eigenvalue weighted by atomic mass is 10.1. The van der Waals surface area contributed by atoms with Crippen molar-refractivity contribution in [2.75, 3.05) is 6.61 Å². The fourth-order valence-corrected chi connectivity index (χ4v) is 2.75. The van der Waals surface area contributed by atoms with Gasteiger partial charge in [-0.05, 0) is 12.5 Å². The zero-order valence-electron chi connectivity index (χ0n) is 14.4. The second-order valence-corrected chi connectivity index (χ2v) is 6.47. The normalized spacial score (nSPS) is 17.1. The Kier molecular flexibility index (Phi) is 4.94. The number of nitrogens with zero attached hydrogens (tertiary/aromatic N) is 5. The summed E-state index contributed by atoms with van der Waals surface area (Å²) in [7, 11) is 1.85. The van der Waals surface area contributed by atoms with Crippen LogP contribution < -0.4 is 5.32 Å². The minimum absolute atomic E-state index is 0.0448. The van der Waals surface area contributed by atoms with Crippen LogP contribution in [-0.4, -0.2) is 43.1 Å². The van der Waals surface area contributed by atoms with Gasteiger partial charge in [-0.15, -0.1) is 0 Å². The lowest BCUT2D eigenvalue weighted by Gasteiger charge is -2.23. The van der Waals surface area contributed by atoms with Crippen LogP contribution in [0.4, 0.5) is 0 Å². The van der Waals surface area contributed by atoms with Crippen LogP contribution >= 0.6 is 0 Å². The SMILES string of the molecule is CC(C)c1nc2n(n1)CC(NC(=O)COCc1ccnn1C)CC2. The summed E-state index contributed by atoms with van der Waals surface area (Å²) < 4.78 is 9.11. The van der Waals surface area contributed by atoms with E-state index in [1.54, 1.807) is 10.9 Å². The van der Waals surface area contributed by atoms with Gasteiger partial charge in [0.2, 0.25) is 5.91 Å². The molecule has 0 radical (unpaired) electrons. The van der Waals surface area contributed by atoms with E-state index < -0.39 is 0 Å². The van der Waals surface area contributed by atoms with E-state index in [1.807, 2.05) is 17.8 Å². The molecular formula is C16H24N6O2. The second-order valence-electron chi connectivity index (χ2n) is 6.47. The van der Waals surface area contributed by atoms with Gasteiger partial charge in [0.1, 0.15) is 12.4 Å². The number of carbonyl (C=O) groups is 1. The summed E-state index contributed by atoms with van der Waals surface area (Å²) in [6.07, 6.45) is 3.42. The Hall–Kier alpha value is -2.22. The van der Waals surface area contributed by atoms with E-state index in [2.05, 4.69) is 34.3 Å². The van der Waals surface area contributed by atoms with Crippen LogP contribution in [0.25, 0.3) is 0 Å². The smallest absolute Gasteiger partial charge is 0.246 e. The van der Waals surface area contributed by atoms with Gasteiger partial charge in [0.25, 0.3) is 0 Å². The number of fused-ring (bicyclic) bond motifs is 1. The van der Waals surface area contributed by atoms with Crippen LogP contribution in [0, 0.1) is 0 Å². The van der Waals surface area contributed by atoms with Gasteiger partial charge >= 0.3 is 0 Å². The summed E-state index contributed by atoms with van der Waals surface area (Å²) in [5.41, 5.74) is 0.939. The summed E-state index contributed by atoms with van der Waals surface area (Å²) in [6, 6.07) is 1.95. The highest BCUT2D eigenvalue weighted by Gasteiger charge is 2.23. The number of aryl methyl sites for hydroxylation is 2. The van der Waals surface area contributed by atoms with Crippen molar-refractivity contribution < 1.29 is 9.53 Å². The number of ether oxygens (including phenoxy) is 1. The molecule has 0 aromatic carbocycles. The summed E-state index contributed by atoms with van der Waals surface area (Å²) in [6.45, 7) is 5.26. The van der Waals surface area contributed by atoms with Crippen molar-refractivity contribution in [1.82, 2.24) is 29.9 Å². The molecule has 0 saturated heterocycles. The lowest BCUT2D eigenvalue weighted by Crippen LogP contribution is -2.42. The Morgan fingerprint density at radius 1 is 1.50 bits per heavy atom. The first-order valence-electron chi connectivity index (χ1n) is 8.30. The molecule has 1 aliphatic heterocycles. The molecule has 0 spiro atoms. The molecule has 2 aromatic heterocycles. The minimum atomic E-state index is -0.102. The van der Waals surface area contributed by atoms with Gasteiger partial charge in [0.05, 0.1) is 18.8 Å². The molecule has 1 aliphatic rings. The Balaban J connectivity index is 1.46. The van der Waals surface area contributed by atoms with Gasteiger partial charge < -0.3 is 10.1 Å². The van der Waals surface area contributed by atoms with Crippen molar-refractivity contribution >= 4 is 5.91 Å². The number of amides is 1. The van der Waals surface area contributed by atoms with E-state index >= 15 is 0 Å². The maximum Gasteiger partial charge on any atom is 0.246 e. The fraction of sp³-hybridized carbons (Fsp3) is 0.625. The predicted molar refractivity (Wildman–Crippen MR) is 87.2 cm³/mol. The first kappa shape index (κ1) is 16.6. The molecule has 1 unspecified atom stereocenters. The molecule has 8 heteroatoms. The molecular weight excluding hydrogens is 308 g/mol. The van der Waals surface area contributed by atoms with Crippen LogP contribution in [-0.2, 0) is 36.2 Å². The predicted octanol–water partition coefficient (Wildman–Crippen LogP) is 0.783. The van der Waals surface area contributed by atoms with Crippen LogP contribution in [0.2, 0.25) is 0 Å². The monoisotopic (exact) mass is 332 g/mol. The Morgan fingerprint density at radius 3 is 3.04 bits per heavy atom. The second kappa shape index (κ2) is 7.12. The third-order valence-electron chi connectivity index (χ3n) is 4.16. The highest BCUT2D eigenvalue weighted by Crippen LogP contribution is 2.16. The van der Waals surface area contributed by atoms with E-state index in [-0.39, 0.29) is 18.6 Å². The van der Waals surface area contributed by atoms with Crippen LogP contribution in [0.1, 0.15) is 43.5 Å². The maximum absolute atomic E-state index is 12.0. The summed E-state index contributed by atoms with van der Waals surface area (Å²) in [5.74, 6) is 2.10. The highest BCUT2D eigenvalue weighted by atomic mass is 16.5. The van der Waals surface area contributed by atoms with Crippen LogP contribution in [0.3, 0.4) is 0 Å². The zero-order valence-corrected chi connectivity index (χ0v) is 14.4. The number of hydrogen-bond donors (Lipinski definition) is 1. The van der Waals surface area contributed by atoms with Crippen molar-refractivity contribution in [3.63, 3.8) is 0 Å². The Morgan fingerprint density at radius 2 is 2.33 bits per heavy atom. The molecule has 0 fully saturated rings. The molecule has 2 aromatic rings. The Bertz CT molecular complexity index is 705. The van der Waals surface area contributed by atoms with Gasteiger partial charge in [-0.1, -0.05) is 13.8 Å². The third kappa shape index (κ3) is 3.81. The molecule has 8 nitrogen and oxygen atoms in total. The van der Waals surface area contributed by atoms with E-state index in [1.165, 1.54) is 0 Å². The van der Waals surface area contributed by atoms with E-state index in [0.717, 1.165) is 30.2 Å². The minimum Gasteiger partial charge on any atom is -0.365 e. The summed E-state index contributed by atoms with van der Waals surface area (Å²) in [5, 5.41) is 11.6. The first-order chi connectivity index (χ1) is 11.5. The molecule has 1 atom stereocenters. The largest absolute Gasteiger partial charge is 0.365 e. The number of rotatable bonds is 6. The molecule has 1 N–H and O–H groups in total. The van der Waals surface area contributed by atoms with E-state index in [9.17, 15) is 4.79 Å². The lowest BCUT2D eigenvalue weighted by molar-refractivity contribution is -0.127. The Labute approximate surface area is 141 Å². The molecule has 3 rings (SSSR count). The fourth-order valence-electron chi connectivity index (χ4n) is 2.75.